The molecule has 0 spiro atoms. The van der Waals surface area contributed by atoms with Gasteiger partial charge in [0, 0.05) is 6.04 Å². The lowest BCUT2D eigenvalue weighted by Crippen LogP contribution is -2.40. The zero-order chi connectivity index (χ0) is 11.0. The van der Waals surface area contributed by atoms with Gasteiger partial charge in [-0.15, -0.1) is 0 Å². The molecule has 3 nitrogen and oxygen atoms in total. The fraction of sp³-hybridized carbons (Fsp3) is 0.727. The molecule has 0 bridgehead atoms. The summed E-state index contributed by atoms with van der Waals surface area (Å²) in [7, 11) is 1.41. The predicted octanol–water partition coefficient (Wildman–Crippen LogP) is 1.88. The molecule has 0 amide bonds. The van der Waals surface area contributed by atoms with Crippen molar-refractivity contribution in [2.45, 2.75) is 45.7 Å². The van der Waals surface area contributed by atoms with Crippen LogP contribution in [-0.2, 0) is 9.53 Å². The van der Waals surface area contributed by atoms with Crippen molar-refractivity contribution in [3.63, 3.8) is 0 Å². The van der Waals surface area contributed by atoms with Crippen LogP contribution in [0.5, 0.6) is 0 Å². The van der Waals surface area contributed by atoms with E-state index < -0.39 is 0 Å². The van der Waals surface area contributed by atoms with Crippen molar-refractivity contribution < 1.29 is 9.53 Å². The molecule has 3 heteroatoms. The Morgan fingerprint density at radius 1 is 1.50 bits per heavy atom. The van der Waals surface area contributed by atoms with Gasteiger partial charge in [-0.25, -0.2) is 0 Å². The van der Waals surface area contributed by atoms with E-state index in [2.05, 4.69) is 36.1 Å². The van der Waals surface area contributed by atoms with Gasteiger partial charge in [0.1, 0.15) is 6.04 Å². The highest BCUT2D eigenvalue weighted by molar-refractivity contribution is 5.75. The number of nitrogens with one attached hydrogen (secondary N) is 1. The van der Waals surface area contributed by atoms with Crippen LogP contribution in [0, 0.1) is 0 Å². The smallest absolute Gasteiger partial charge is 0.322 e. The number of allylic oxidation sites excluding steroid dienone is 1. The number of hydrogen-bond acceptors (Lipinski definition) is 3. The number of hydrogen-bond donors (Lipinski definition) is 1. The van der Waals surface area contributed by atoms with Gasteiger partial charge in [0.25, 0.3) is 0 Å². The third-order valence-electron chi connectivity index (χ3n) is 2.06. The Bertz CT molecular complexity index is 190. The summed E-state index contributed by atoms with van der Waals surface area (Å²) < 4.78 is 4.64. The van der Waals surface area contributed by atoms with Gasteiger partial charge < -0.3 is 4.74 Å². The van der Waals surface area contributed by atoms with Crippen molar-refractivity contribution in [2.75, 3.05) is 7.11 Å². The van der Waals surface area contributed by atoms with E-state index in [0.717, 1.165) is 12.8 Å². The Hall–Kier alpha value is -0.830. The SMILES string of the molecule is CC/C=C/[C@H](CC)N[C@@H](C)C(=O)OC. The first-order valence-electron chi connectivity index (χ1n) is 5.16. The predicted molar refractivity (Wildman–Crippen MR) is 58.1 cm³/mol. The molecule has 0 aromatic rings. The molecule has 0 radical (unpaired) electrons. The molecule has 0 rings (SSSR count). The third-order valence-corrected chi connectivity index (χ3v) is 2.06. The highest BCUT2D eigenvalue weighted by atomic mass is 16.5. The summed E-state index contributed by atoms with van der Waals surface area (Å²) in [5.74, 6) is -0.214. The Morgan fingerprint density at radius 3 is 2.57 bits per heavy atom. The van der Waals surface area contributed by atoms with Crippen LogP contribution in [0.4, 0.5) is 0 Å². The van der Waals surface area contributed by atoms with Crippen LogP contribution in [0.2, 0.25) is 0 Å². The van der Waals surface area contributed by atoms with E-state index in [-0.39, 0.29) is 18.1 Å². The molecule has 0 fully saturated rings. The number of ether oxygens (including phenoxy) is 1. The van der Waals surface area contributed by atoms with Gasteiger partial charge in [-0.3, -0.25) is 10.1 Å². The van der Waals surface area contributed by atoms with E-state index in [0.29, 0.717) is 0 Å². The van der Waals surface area contributed by atoms with Gasteiger partial charge in [0.05, 0.1) is 7.11 Å². The second-order valence-corrected chi connectivity index (χ2v) is 3.26. The Labute approximate surface area is 86.5 Å². The van der Waals surface area contributed by atoms with Crippen molar-refractivity contribution in [3.05, 3.63) is 12.2 Å². The molecule has 0 heterocycles. The van der Waals surface area contributed by atoms with E-state index in [9.17, 15) is 4.79 Å². The van der Waals surface area contributed by atoms with Gasteiger partial charge in [-0.1, -0.05) is 26.0 Å². The summed E-state index contributed by atoms with van der Waals surface area (Å²) in [5.41, 5.74) is 0. The number of rotatable bonds is 6. The van der Waals surface area contributed by atoms with Gasteiger partial charge in [0.15, 0.2) is 0 Å². The lowest BCUT2D eigenvalue weighted by Gasteiger charge is -2.17. The Kier molecular flexibility index (Phi) is 7.11. The second kappa shape index (κ2) is 7.56. The summed E-state index contributed by atoms with van der Waals surface area (Å²) in [5, 5.41) is 3.19. The molecule has 0 aliphatic carbocycles. The lowest BCUT2D eigenvalue weighted by molar-refractivity contribution is -0.142. The van der Waals surface area contributed by atoms with E-state index >= 15 is 0 Å². The number of methoxy groups -OCH3 is 1. The highest BCUT2D eigenvalue weighted by Gasteiger charge is 2.14. The van der Waals surface area contributed by atoms with Crippen molar-refractivity contribution in [1.82, 2.24) is 5.32 Å². The van der Waals surface area contributed by atoms with Crippen LogP contribution in [0.15, 0.2) is 12.2 Å². The zero-order valence-corrected chi connectivity index (χ0v) is 9.54. The molecule has 0 aromatic carbocycles. The van der Waals surface area contributed by atoms with E-state index in [1.807, 2.05) is 6.92 Å². The van der Waals surface area contributed by atoms with Crippen molar-refractivity contribution in [2.24, 2.45) is 0 Å². The maximum atomic E-state index is 11.1. The number of esters is 1. The monoisotopic (exact) mass is 199 g/mol. The molecule has 2 atom stereocenters. The minimum Gasteiger partial charge on any atom is -0.468 e. The zero-order valence-electron chi connectivity index (χ0n) is 9.54. The fourth-order valence-corrected chi connectivity index (χ4v) is 1.18. The molecule has 14 heavy (non-hydrogen) atoms. The van der Waals surface area contributed by atoms with E-state index in [4.69, 9.17) is 0 Å². The molecule has 0 aliphatic rings. The van der Waals surface area contributed by atoms with Gasteiger partial charge >= 0.3 is 5.97 Å². The normalized spacial score (nSPS) is 15.4. The van der Waals surface area contributed by atoms with Gasteiger partial charge in [-0.2, -0.15) is 0 Å². The third kappa shape index (κ3) is 5.02. The minimum absolute atomic E-state index is 0.214. The van der Waals surface area contributed by atoms with Crippen LogP contribution in [0.3, 0.4) is 0 Å². The van der Waals surface area contributed by atoms with Crippen LogP contribution in [-0.4, -0.2) is 25.2 Å². The number of carbonyl (C=O) groups is 1. The molecular weight excluding hydrogens is 178 g/mol. The van der Waals surface area contributed by atoms with Crippen molar-refractivity contribution >= 4 is 5.97 Å². The topological polar surface area (TPSA) is 38.3 Å². The molecule has 0 saturated carbocycles. The average molecular weight is 199 g/mol. The molecule has 0 saturated heterocycles. The van der Waals surface area contributed by atoms with Crippen molar-refractivity contribution in [3.8, 4) is 0 Å². The summed E-state index contributed by atoms with van der Waals surface area (Å²) >= 11 is 0. The standard InChI is InChI=1S/C11H21NO2/c1-5-7-8-10(6-2)12-9(3)11(13)14-4/h7-10,12H,5-6H2,1-4H3/b8-7+/t9-,10-/m0/s1. The van der Waals surface area contributed by atoms with E-state index in [1.54, 1.807) is 0 Å². The Morgan fingerprint density at radius 2 is 2.14 bits per heavy atom. The average Bonchev–Trinajstić information content (AvgIpc) is 2.22. The van der Waals surface area contributed by atoms with Crippen LogP contribution >= 0.6 is 0 Å². The molecule has 82 valence electrons. The highest BCUT2D eigenvalue weighted by Crippen LogP contribution is 1.98. The van der Waals surface area contributed by atoms with Crippen LogP contribution in [0.25, 0.3) is 0 Å². The van der Waals surface area contributed by atoms with Gasteiger partial charge in [0.2, 0.25) is 0 Å². The van der Waals surface area contributed by atoms with Crippen molar-refractivity contribution in [1.29, 1.82) is 0 Å². The second-order valence-electron chi connectivity index (χ2n) is 3.26. The largest absolute Gasteiger partial charge is 0.468 e. The summed E-state index contributed by atoms with van der Waals surface area (Å²) in [6.07, 6.45) is 6.19. The van der Waals surface area contributed by atoms with Gasteiger partial charge in [-0.05, 0) is 19.8 Å². The van der Waals surface area contributed by atoms with E-state index in [1.165, 1.54) is 7.11 Å². The first kappa shape index (κ1) is 13.2. The number of carbonyl (C=O) groups excluding carboxylic acids is 1. The maximum Gasteiger partial charge on any atom is 0.322 e. The summed E-state index contributed by atoms with van der Waals surface area (Å²) in [6, 6.07) is 0.00973. The molecule has 0 aliphatic heterocycles. The van der Waals surface area contributed by atoms with Crippen LogP contribution < -0.4 is 5.32 Å². The quantitative estimate of drug-likeness (QED) is 0.524. The Balaban J connectivity index is 4.04. The summed E-state index contributed by atoms with van der Waals surface area (Å²) in [6.45, 7) is 5.99. The molecule has 0 unspecified atom stereocenters. The molecule has 1 N–H and O–H groups in total. The molecular formula is C11H21NO2. The first-order chi connectivity index (χ1) is 6.65. The lowest BCUT2D eigenvalue weighted by atomic mass is 10.1. The first-order valence-corrected chi connectivity index (χ1v) is 5.16. The molecule has 0 aromatic heterocycles. The minimum atomic E-state index is -0.244. The van der Waals surface area contributed by atoms with Crippen LogP contribution in [0.1, 0.15) is 33.6 Å². The maximum absolute atomic E-state index is 11.1. The fourth-order valence-electron chi connectivity index (χ4n) is 1.18. The summed E-state index contributed by atoms with van der Waals surface area (Å²) in [4.78, 5) is 11.1.